The second-order valence-corrected chi connectivity index (χ2v) is 4.25. The van der Waals surface area contributed by atoms with E-state index in [1.807, 2.05) is 0 Å². The Labute approximate surface area is 121 Å². The molecular formula is C12H18ClN3O4. The number of ether oxygens (including phenoxy) is 2. The summed E-state index contributed by atoms with van der Waals surface area (Å²) in [6, 6.07) is 0. The van der Waals surface area contributed by atoms with Crippen molar-refractivity contribution in [2.45, 2.75) is 19.9 Å². The van der Waals surface area contributed by atoms with E-state index in [9.17, 15) is 9.59 Å². The zero-order valence-corrected chi connectivity index (χ0v) is 12.3. The number of rotatable bonds is 8. The molecule has 0 saturated heterocycles. The van der Waals surface area contributed by atoms with E-state index in [1.165, 1.54) is 18.0 Å². The number of aromatic nitrogens is 2. The SMILES string of the molecule is CCOC(=O)CCNc1cnn(CCOC)c(=O)c1Cl. The number of methoxy groups -OCH3 is 1. The molecular weight excluding hydrogens is 286 g/mol. The topological polar surface area (TPSA) is 82.4 Å². The minimum absolute atomic E-state index is 0.0416. The summed E-state index contributed by atoms with van der Waals surface area (Å²) in [5.74, 6) is -0.308. The zero-order chi connectivity index (χ0) is 15.0. The molecule has 0 bridgehead atoms. The van der Waals surface area contributed by atoms with Gasteiger partial charge in [-0.1, -0.05) is 11.6 Å². The Morgan fingerprint density at radius 3 is 2.95 bits per heavy atom. The maximum atomic E-state index is 11.9. The molecule has 0 aliphatic carbocycles. The van der Waals surface area contributed by atoms with Crippen molar-refractivity contribution in [3.05, 3.63) is 21.6 Å². The molecule has 0 atom stereocenters. The number of hydrogen-bond donors (Lipinski definition) is 1. The summed E-state index contributed by atoms with van der Waals surface area (Å²) in [7, 11) is 1.54. The van der Waals surface area contributed by atoms with Crippen LogP contribution in [0.3, 0.4) is 0 Å². The number of esters is 1. The highest BCUT2D eigenvalue weighted by molar-refractivity contribution is 6.32. The van der Waals surface area contributed by atoms with E-state index in [-0.39, 0.29) is 17.4 Å². The number of carbonyl (C=O) groups excluding carboxylic acids is 1. The minimum atomic E-state index is -0.398. The molecule has 0 fully saturated rings. The summed E-state index contributed by atoms with van der Waals surface area (Å²) in [5.41, 5.74) is -0.000478. The van der Waals surface area contributed by atoms with Crippen LogP contribution in [0.2, 0.25) is 5.02 Å². The van der Waals surface area contributed by atoms with Gasteiger partial charge in [0.15, 0.2) is 0 Å². The number of nitrogens with one attached hydrogen (secondary N) is 1. The maximum absolute atomic E-state index is 11.9. The van der Waals surface area contributed by atoms with Gasteiger partial charge in [0.05, 0.1) is 38.1 Å². The van der Waals surface area contributed by atoms with Crippen molar-refractivity contribution < 1.29 is 14.3 Å². The van der Waals surface area contributed by atoms with Crippen LogP contribution in [-0.2, 0) is 20.8 Å². The van der Waals surface area contributed by atoms with Crippen molar-refractivity contribution >= 4 is 23.3 Å². The molecule has 1 heterocycles. The fraction of sp³-hybridized carbons (Fsp3) is 0.583. The molecule has 0 unspecified atom stereocenters. The second-order valence-electron chi connectivity index (χ2n) is 3.88. The predicted molar refractivity (Wildman–Crippen MR) is 75.1 cm³/mol. The lowest BCUT2D eigenvalue weighted by Gasteiger charge is -2.09. The summed E-state index contributed by atoms with van der Waals surface area (Å²) < 4.78 is 10.9. The number of hydrogen-bond acceptors (Lipinski definition) is 6. The molecule has 0 amide bonds. The summed E-state index contributed by atoms with van der Waals surface area (Å²) in [6.45, 7) is 3.11. The first-order chi connectivity index (χ1) is 9.60. The minimum Gasteiger partial charge on any atom is -0.466 e. The van der Waals surface area contributed by atoms with E-state index in [0.29, 0.717) is 32.0 Å². The normalized spacial score (nSPS) is 10.3. The van der Waals surface area contributed by atoms with Crippen LogP contribution in [0.1, 0.15) is 13.3 Å². The predicted octanol–water partition coefficient (Wildman–Crippen LogP) is 0.908. The van der Waals surface area contributed by atoms with Crippen LogP contribution >= 0.6 is 11.6 Å². The van der Waals surface area contributed by atoms with Crippen molar-refractivity contribution in [2.24, 2.45) is 0 Å². The van der Waals surface area contributed by atoms with Crippen molar-refractivity contribution in [3.63, 3.8) is 0 Å². The Morgan fingerprint density at radius 2 is 2.30 bits per heavy atom. The Morgan fingerprint density at radius 1 is 1.55 bits per heavy atom. The van der Waals surface area contributed by atoms with Gasteiger partial charge in [-0.15, -0.1) is 0 Å². The van der Waals surface area contributed by atoms with Gasteiger partial charge in [-0.05, 0) is 6.92 Å². The molecule has 1 aromatic heterocycles. The Hall–Kier alpha value is -1.60. The van der Waals surface area contributed by atoms with Crippen LogP contribution in [0.5, 0.6) is 0 Å². The average Bonchev–Trinajstić information content (AvgIpc) is 2.43. The van der Waals surface area contributed by atoms with Crippen molar-refractivity contribution in [2.75, 3.05) is 32.2 Å². The molecule has 0 radical (unpaired) electrons. The molecule has 0 saturated carbocycles. The van der Waals surface area contributed by atoms with E-state index in [1.54, 1.807) is 6.92 Å². The molecule has 0 aliphatic heterocycles. The van der Waals surface area contributed by atoms with Crippen LogP contribution in [0.15, 0.2) is 11.0 Å². The molecule has 1 aromatic rings. The highest BCUT2D eigenvalue weighted by Crippen LogP contribution is 2.14. The first-order valence-electron chi connectivity index (χ1n) is 6.24. The first kappa shape index (κ1) is 16.5. The van der Waals surface area contributed by atoms with Gasteiger partial charge >= 0.3 is 5.97 Å². The van der Waals surface area contributed by atoms with Crippen LogP contribution in [0, 0.1) is 0 Å². The zero-order valence-electron chi connectivity index (χ0n) is 11.5. The van der Waals surface area contributed by atoms with E-state index in [0.717, 1.165) is 0 Å². The monoisotopic (exact) mass is 303 g/mol. The quantitative estimate of drug-likeness (QED) is 0.719. The largest absolute Gasteiger partial charge is 0.466 e. The summed E-state index contributed by atoms with van der Waals surface area (Å²) in [4.78, 5) is 23.0. The highest BCUT2D eigenvalue weighted by Gasteiger charge is 2.09. The van der Waals surface area contributed by atoms with Crippen LogP contribution < -0.4 is 10.9 Å². The third kappa shape index (κ3) is 4.82. The maximum Gasteiger partial charge on any atom is 0.307 e. The van der Waals surface area contributed by atoms with E-state index >= 15 is 0 Å². The number of carbonyl (C=O) groups is 1. The molecule has 20 heavy (non-hydrogen) atoms. The molecule has 1 rings (SSSR count). The Kier molecular flexibility index (Phi) is 7.03. The third-order valence-electron chi connectivity index (χ3n) is 2.44. The fourth-order valence-electron chi connectivity index (χ4n) is 1.46. The van der Waals surface area contributed by atoms with Crippen LogP contribution in [0.25, 0.3) is 0 Å². The summed E-state index contributed by atoms with van der Waals surface area (Å²) in [5, 5.41) is 6.90. The lowest BCUT2D eigenvalue weighted by Crippen LogP contribution is -2.26. The van der Waals surface area contributed by atoms with Gasteiger partial charge < -0.3 is 14.8 Å². The molecule has 112 valence electrons. The van der Waals surface area contributed by atoms with E-state index in [2.05, 4.69) is 10.4 Å². The van der Waals surface area contributed by atoms with Gasteiger partial charge in [0, 0.05) is 13.7 Å². The summed E-state index contributed by atoms with van der Waals surface area (Å²) in [6.07, 6.45) is 1.64. The van der Waals surface area contributed by atoms with E-state index < -0.39 is 5.56 Å². The molecule has 0 spiro atoms. The van der Waals surface area contributed by atoms with Gasteiger partial charge in [-0.25, -0.2) is 4.68 Å². The van der Waals surface area contributed by atoms with Gasteiger partial charge in [-0.2, -0.15) is 5.10 Å². The van der Waals surface area contributed by atoms with Crippen LogP contribution in [0.4, 0.5) is 5.69 Å². The average molecular weight is 304 g/mol. The van der Waals surface area contributed by atoms with Gasteiger partial charge in [0.2, 0.25) is 0 Å². The standard InChI is InChI=1S/C12H18ClN3O4/c1-3-20-10(17)4-5-14-9-8-15-16(6-7-19-2)12(18)11(9)13/h8,14H,3-7H2,1-2H3. The van der Waals surface area contributed by atoms with Gasteiger partial charge in [0.25, 0.3) is 5.56 Å². The lowest BCUT2D eigenvalue weighted by molar-refractivity contribution is -0.142. The summed E-state index contributed by atoms with van der Waals surface area (Å²) >= 11 is 5.96. The number of nitrogens with zero attached hydrogens (tertiary/aromatic N) is 2. The fourth-order valence-corrected chi connectivity index (χ4v) is 1.67. The van der Waals surface area contributed by atoms with Crippen molar-refractivity contribution in [1.82, 2.24) is 9.78 Å². The third-order valence-corrected chi connectivity index (χ3v) is 2.81. The highest BCUT2D eigenvalue weighted by atomic mass is 35.5. The van der Waals surface area contributed by atoms with Crippen LogP contribution in [-0.4, -0.2) is 42.6 Å². The molecule has 7 nitrogen and oxygen atoms in total. The first-order valence-corrected chi connectivity index (χ1v) is 6.62. The molecule has 1 N–H and O–H groups in total. The van der Waals surface area contributed by atoms with E-state index in [4.69, 9.17) is 21.1 Å². The number of halogens is 1. The smallest absolute Gasteiger partial charge is 0.307 e. The van der Waals surface area contributed by atoms with Crippen molar-refractivity contribution in [1.29, 1.82) is 0 Å². The number of anilines is 1. The molecule has 8 heteroatoms. The Bertz CT molecular complexity index is 504. The van der Waals surface area contributed by atoms with Crippen molar-refractivity contribution in [3.8, 4) is 0 Å². The van der Waals surface area contributed by atoms with Gasteiger partial charge in [0.1, 0.15) is 5.02 Å². The lowest BCUT2D eigenvalue weighted by atomic mass is 10.4. The molecule has 0 aliphatic rings. The second kappa shape index (κ2) is 8.55. The van der Waals surface area contributed by atoms with Gasteiger partial charge in [-0.3, -0.25) is 9.59 Å². The Balaban J connectivity index is 2.61. The molecule has 0 aromatic carbocycles.